The first-order valence-corrected chi connectivity index (χ1v) is 8.90. The molecule has 0 bridgehead atoms. The van der Waals surface area contributed by atoms with E-state index in [9.17, 15) is 4.79 Å². The highest BCUT2D eigenvalue weighted by molar-refractivity contribution is 5.79. The average molecular weight is 304 g/mol. The molecule has 22 heavy (non-hydrogen) atoms. The fraction of sp³-hybridized carbons (Fsp3) is 0.737. The number of allylic oxidation sites excluding steroid dienone is 2. The largest absolute Gasteiger partial charge is 0.339 e. The molecule has 2 aliphatic rings. The third-order valence-electron chi connectivity index (χ3n) is 4.99. The van der Waals surface area contributed by atoms with E-state index in [0.717, 1.165) is 44.0 Å². The van der Waals surface area contributed by atoms with E-state index in [2.05, 4.69) is 30.6 Å². The molecule has 0 radical (unpaired) electrons. The van der Waals surface area contributed by atoms with Crippen LogP contribution in [0.3, 0.4) is 0 Å². The second-order valence-electron chi connectivity index (χ2n) is 7.03. The third-order valence-corrected chi connectivity index (χ3v) is 4.99. The summed E-state index contributed by atoms with van der Waals surface area (Å²) in [6, 6.07) is 0. The smallest absolute Gasteiger partial charge is 0.226 e. The Kier molecular flexibility index (Phi) is 6.69. The van der Waals surface area contributed by atoms with E-state index >= 15 is 0 Å². The minimum absolute atomic E-state index is 0.224. The van der Waals surface area contributed by atoms with Crippen molar-refractivity contribution in [2.45, 2.75) is 46.0 Å². The molecule has 1 aliphatic heterocycles. The molecule has 2 rings (SSSR count). The first-order valence-electron chi connectivity index (χ1n) is 8.90. The standard InChI is InChI=1S/C19H32N2O/c1-4-21(14-16(2)3)19(22)18-10-12-20(13-11-18)15-17-8-6-5-7-9-17/h5-6,17-18H,2,4,7-15H2,1,3H3/t17-/m0/s1. The predicted molar refractivity (Wildman–Crippen MR) is 92.7 cm³/mol. The van der Waals surface area contributed by atoms with Crippen molar-refractivity contribution in [1.29, 1.82) is 0 Å². The zero-order valence-electron chi connectivity index (χ0n) is 14.4. The second-order valence-corrected chi connectivity index (χ2v) is 7.03. The fourth-order valence-corrected chi connectivity index (χ4v) is 3.68. The van der Waals surface area contributed by atoms with E-state index in [1.54, 1.807) is 0 Å². The van der Waals surface area contributed by atoms with Gasteiger partial charge in [0.1, 0.15) is 0 Å². The van der Waals surface area contributed by atoms with Crippen LogP contribution < -0.4 is 0 Å². The number of hydrogen-bond acceptors (Lipinski definition) is 2. The van der Waals surface area contributed by atoms with Crippen molar-refractivity contribution in [3.63, 3.8) is 0 Å². The molecule has 0 saturated carbocycles. The lowest BCUT2D eigenvalue weighted by molar-refractivity contribution is -0.136. The number of hydrogen-bond donors (Lipinski definition) is 0. The lowest BCUT2D eigenvalue weighted by Gasteiger charge is -2.36. The second kappa shape index (κ2) is 8.52. The van der Waals surface area contributed by atoms with E-state index in [0.29, 0.717) is 12.5 Å². The van der Waals surface area contributed by atoms with Gasteiger partial charge in [-0.15, -0.1) is 0 Å². The topological polar surface area (TPSA) is 23.6 Å². The molecule has 0 aromatic rings. The fourth-order valence-electron chi connectivity index (χ4n) is 3.68. The Morgan fingerprint density at radius 2 is 2.00 bits per heavy atom. The zero-order valence-corrected chi connectivity index (χ0v) is 14.4. The summed E-state index contributed by atoms with van der Waals surface area (Å²) in [5, 5.41) is 0. The Balaban J connectivity index is 1.77. The van der Waals surface area contributed by atoms with E-state index < -0.39 is 0 Å². The van der Waals surface area contributed by atoms with E-state index in [1.165, 1.54) is 25.8 Å². The van der Waals surface area contributed by atoms with E-state index in [-0.39, 0.29) is 5.92 Å². The van der Waals surface area contributed by atoms with Gasteiger partial charge in [0.15, 0.2) is 0 Å². The van der Waals surface area contributed by atoms with Crippen LogP contribution in [0.5, 0.6) is 0 Å². The maximum atomic E-state index is 12.6. The van der Waals surface area contributed by atoms with Crippen LogP contribution in [0.4, 0.5) is 0 Å². The number of amides is 1. The summed E-state index contributed by atoms with van der Waals surface area (Å²) in [6.45, 7) is 12.9. The van der Waals surface area contributed by atoms with Gasteiger partial charge in [-0.1, -0.05) is 24.3 Å². The number of nitrogens with zero attached hydrogens (tertiary/aromatic N) is 2. The molecule has 124 valence electrons. The Morgan fingerprint density at radius 3 is 2.55 bits per heavy atom. The summed E-state index contributed by atoms with van der Waals surface area (Å²) in [5.41, 5.74) is 1.07. The van der Waals surface area contributed by atoms with Gasteiger partial charge in [-0.2, -0.15) is 0 Å². The summed E-state index contributed by atoms with van der Waals surface area (Å²) < 4.78 is 0. The van der Waals surface area contributed by atoms with Crippen molar-refractivity contribution in [2.24, 2.45) is 11.8 Å². The number of piperidine rings is 1. The van der Waals surface area contributed by atoms with Gasteiger partial charge in [-0.05, 0) is 65.0 Å². The summed E-state index contributed by atoms with van der Waals surface area (Å²) in [7, 11) is 0. The molecule has 0 spiro atoms. The molecule has 1 aliphatic carbocycles. The highest BCUT2D eigenvalue weighted by Gasteiger charge is 2.28. The molecule has 3 nitrogen and oxygen atoms in total. The van der Waals surface area contributed by atoms with Crippen LogP contribution >= 0.6 is 0 Å². The summed E-state index contributed by atoms with van der Waals surface area (Å²) >= 11 is 0. The van der Waals surface area contributed by atoms with Crippen LogP contribution in [0, 0.1) is 11.8 Å². The molecule has 1 atom stereocenters. The van der Waals surface area contributed by atoms with Gasteiger partial charge in [0, 0.05) is 25.6 Å². The molecular formula is C19H32N2O. The van der Waals surface area contributed by atoms with Gasteiger partial charge in [0.05, 0.1) is 0 Å². The van der Waals surface area contributed by atoms with Crippen LogP contribution in [0.25, 0.3) is 0 Å². The lowest BCUT2D eigenvalue weighted by atomic mass is 9.91. The van der Waals surface area contributed by atoms with Gasteiger partial charge in [0.25, 0.3) is 0 Å². The SMILES string of the molecule is C=C(C)CN(CC)C(=O)C1CCN(C[C@H]2CC=CCC2)CC1. The molecule has 1 fully saturated rings. The Labute approximate surface area is 136 Å². The maximum absolute atomic E-state index is 12.6. The minimum Gasteiger partial charge on any atom is -0.339 e. The van der Waals surface area contributed by atoms with Crippen LogP contribution in [0.15, 0.2) is 24.3 Å². The minimum atomic E-state index is 0.224. The molecule has 1 saturated heterocycles. The summed E-state index contributed by atoms with van der Waals surface area (Å²) in [4.78, 5) is 17.2. The lowest BCUT2D eigenvalue weighted by Crippen LogP contribution is -2.44. The van der Waals surface area contributed by atoms with Gasteiger partial charge < -0.3 is 9.80 Å². The normalized spacial score (nSPS) is 23.5. The van der Waals surface area contributed by atoms with Gasteiger partial charge in [-0.25, -0.2) is 0 Å². The zero-order chi connectivity index (χ0) is 15.9. The van der Waals surface area contributed by atoms with Crippen LogP contribution in [0.1, 0.15) is 46.0 Å². The van der Waals surface area contributed by atoms with E-state index in [1.807, 2.05) is 11.8 Å². The van der Waals surface area contributed by atoms with Gasteiger partial charge >= 0.3 is 0 Å². The number of likely N-dealkylation sites (N-methyl/N-ethyl adjacent to an activating group) is 1. The molecule has 0 aromatic carbocycles. The van der Waals surface area contributed by atoms with Crippen molar-refractivity contribution in [3.8, 4) is 0 Å². The van der Waals surface area contributed by atoms with Crippen molar-refractivity contribution in [3.05, 3.63) is 24.3 Å². The Hall–Kier alpha value is -1.09. The summed E-state index contributed by atoms with van der Waals surface area (Å²) in [5.74, 6) is 1.39. The van der Waals surface area contributed by atoms with Crippen molar-refractivity contribution < 1.29 is 4.79 Å². The first-order chi connectivity index (χ1) is 10.6. The van der Waals surface area contributed by atoms with Crippen LogP contribution in [0.2, 0.25) is 0 Å². The highest BCUT2D eigenvalue weighted by Crippen LogP contribution is 2.24. The van der Waals surface area contributed by atoms with Crippen LogP contribution in [-0.4, -0.2) is 48.4 Å². The van der Waals surface area contributed by atoms with Crippen LogP contribution in [-0.2, 0) is 4.79 Å². The molecule has 0 N–H and O–H groups in total. The molecule has 3 heteroatoms. The van der Waals surface area contributed by atoms with Crippen molar-refractivity contribution in [2.75, 3.05) is 32.7 Å². The van der Waals surface area contributed by atoms with Crippen molar-refractivity contribution >= 4 is 5.91 Å². The molecule has 1 amide bonds. The summed E-state index contributed by atoms with van der Waals surface area (Å²) in [6.07, 6.45) is 10.5. The number of rotatable bonds is 6. The number of carbonyl (C=O) groups excluding carboxylic acids is 1. The third kappa shape index (κ3) is 4.98. The predicted octanol–water partition coefficient (Wildman–Crippen LogP) is 3.48. The molecule has 1 heterocycles. The number of likely N-dealkylation sites (tertiary alicyclic amines) is 1. The maximum Gasteiger partial charge on any atom is 0.226 e. The monoisotopic (exact) mass is 304 g/mol. The molecular weight excluding hydrogens is 272 g/mol. The van der Waals surface area contributed by atoms with Crippen molar-refractivity contribution in [1.82, 2.24) is 9.80 Å². The number of carbonyl (C=O) groups is 1. The van der Waals surface area contributed by atoms with Gasteiger partial charge in [0.2, 0.25) is 5.91 Å². The first kappa shape index (κ1) is 17.3. The highest BCUT2D eigenvalue weighted by atomic mass is 16.2. The molecule has 0 unspecified atom stereocenters. The van der Waals surface area contributed by atoms with Gasteiger partial charge in [-0.3, -0.25) is 4.79 Å². The molecule has 0 aromatic heterocycles. The Bertz CT molecular complexity index is 408. The average Bonchev–Trinajstić information content (AvgIpc) is 2.53. The quantitative estimate of drug-likeness (QED) is 0.701. The Morgan fingerprint density at radius 1 is 1.27 bits per heavy atom. The van der Waals surface area contributed by atoms with E-state index in [4.69, 9.17) is 0 Å².